The Labute approximate surface area is 187 Å². The summed E-state index contributed by atoms with van der Waals surface area (Å²) in [5.74, 6) is -0.281. The van der Waals surface area contributed by atoms with Crippen LogP contribution in [-0.4, -0.2) is 46.7 Å². The Morgan fingerprint density at radius 3 is 3.03 bits per heavy atom. The lowest BCUT2D eigenvalue weighted by atomic mass is 9.88. The Bertz CT molecular complexity index is 1320. The van der Waals surface area contributed by atoms with Crippen LogP contribution in [0.1, 0.15) is 18.2 Å². The zero-order chi connectivity index (χ0) is 21.0. The molecule has 5 heterocycles. The van der Waals surface area contributed by atoms with Gasteiger partial charge in [0.2, 0.25) is 0 Å². The number of thiazole rings is 1. The Morgan fingerprint density at radius 2 is 2.19 bits per heavy atom. The molecule has 2 aliphatic rings. The van der Waals surface area contributed by atoms with Gasteiger partial charge in [-0.15, -0.1) is 22.7 Å². The fraction of sp³-hybridized carbons (Fsp3) is 0.304. The molecule has 6 rings (SSSR count). The fourth-order valence-corrected chi connectivity index (χ4v) is 6.66. The van der Waals surface area contributed by atoms with E-state index in [2.05, 4.69) is 39.3 Å². The molecule has 1 spiro atoms. The molecule has 0 saturated carbocycles. The second-order valence-corrected chi connectivity index (χ2v) is 9.87. The number of aromatic nitrogens is 2. The third-order valence-electron chi connectivity index (χ3n) is 6.40. The van der Waals surface area contributed by atoms with Crippen molar-refractivity contribution in [3.05, 3.63) is 52.7 Å². The molecule has 0 aliphatic carbocycles. The molecule has 3 aromatic heterocycles. The molecular weight excluding hydrogens is 431 g/mol. The van der Waals surface area contributed by atoms with E-state index in [1.807, 2.05) is 6.07 Å². The minimum Gasteiger partial charge on any atom is -0.379 e. The third-order valence-corrected chi connectivity index (χ3v) is 8.26. The van der Waals surface area contributed by atoms with E-state index in [0.717, 1.165) is 58.8 Å². The van der Waals surface area contributed by atoms with Crippen LogP contribution in [0.3, 0.4) is 0 Å². The van der Waals surface area contributed by atoms with Gasteiger partial charge in [0, 0.05) is 29.6 Å². The molecule has 31 heavy (non-hydrogen) atoms. The highest BCUT2D eigenvalue weighted by atomic mass is 32.1. The Morgan fingerprint density at radius 1 is 1.26 bits per heavy atom. The van der Waals surface area contributed by atoms with Gasteiger partial charge in [0.25, 0.3) is 0 Å². The SMILES string of the molecule is CCN1CC=C(c2cc3c(Nc4cc5ncsc5cc4F)ccnc3s2)C12CCOC2. The molecule has 4 aromatic rings. The number of fused-ring (bicyclic) bond motifs is 2. The number of benzene rings is 1. The molecular formula is C23H21FN4OS2. The lowest BCUT2D eigenvalue weighted by molar-refractivity contribution is 0.129. The van der Waals surface area contributed by atoms with Crippen molar-refractivity contribution in [3.63, 3.8) is 0 Å². The summed E-state index contributed by atoms with van der Waals surface area (Å²) in [6, 6.07) is 7.41. The number of anilines is 2. The summed E-state index contributed by atoms with van der Waals surface area (Å²) in [4.78, 5) is 13.6. The van der Waals surface area contributed by atoms with Gasteiger partial charge < -0.3 is 10.1 Å². The average Bonchev–Trinajstić information content (AvgIpc) is 3.55. The zero-order valence-electron chi connectivity index (χ0n) is 17.0. The summed E-state index contributed by atoms with van der Waals surface area (Å²) in [6.07, 6.45) is 5.13. The molecule has 158 valence electrons. The van der Waals surface area contributed by atoms with Gasteiger partial charge >= 0.3 is 0 Å². The number of hydrogen-bond acceptors (Lipinski definition) is 7. The van der Waals surface area contributed by atoms with Crippen molar-refractivity contribution >= 4 is 60.1 Å². The largest absolute Gasteiger partial charge is 0.379 e. The van der Waals surface area contributed by atoms with Crippen LogP contribution in [0, 0.1) is 5.82 Å². The van der Waals surface area contributed by atoms with Gasteiger partial charge in [0.15, 0.2) is 0 Å². The number of nitrogens with one attached hydrogen (secondary N) is 1. The maximum atomic E-state index is 14.7. The molecule has 1 saturated heterocycles. The quantitative estimate of drug-likeness (QED) is 0.433. The Hall–Kier alpha value is -2.39. The number of halogens is 1. The Balaban J connectivity index is 1.40. The van der Waals surface area contributed by atoms with Crippen molar-refractivity contribution in [1.29, 1.82) is 0 Å². The van der Waals surface area contributed by atoms with E-state index in [1.54, 1.807) is 35.2 Å². The second-order valence-electron chi connectivity index (χ2n) is 7.96. The highest BCUT2D eigenvalue weighted by Crippen LogP contribution is 2.46. The molecule has 1 atom stereocenters. The lowest BCUT2D eigenvalue weighted by Gasteiger charge is -2.35. The van der Waals surface area contributed by atoms with Crippen molar-refractivity contribution < 1.29 is 9.13 Å². The van der Waals surface area contributed by atoms with E-state index in [9.17, 15) is 4.39 Å². The summed E-state index contributed by atoms with van der Waals surface area (Å²) < 4.78 is 21.4. The van der Waals surface area contributed by atoms with Crippen LogP contribution < -0.4 is 5.32 Å². The predicted molar refractivity (Wildman–Crippen MR) is 126 cm³/mol. The molecule has 2 aliphatic heterocycles. The predicted octanol–water partition coefficient (Wildman–Crippen LogP) is 5.67. The van der Waals surface area contributed by atoms with Gasteiger partial charge in [-0.3, -0.25) is 4.90 Å². The molecule has 1 fully saturated rings. The van der Waals surface area contributed by atoms with E-state index in [-0.39, 0.29) is 11.4 Å². The van der Waals surface area contributed by atoms with Crippen molar-refractivity contribution in [3.8, 4) is 0 Å². The first-order valence-corrected chi connectivity index (χ1v) is 12.1. The van der Waals surface area contributed by atoms with Gasteiger partial charge in [-0.05, 0) is 42.8 Å². The van der Waals surface area contributed by atoms with Gasteiger partial charge in [0.1, 0.15) is 10.6 Å². The van der Waals surface area contributed by atoms with Crippen molar-refractivity contribution in [2.45, 2.75) is 18.9 Å². The average molecular weight is 453 g/mol. The first-order chi connectivity index (χ1) is 15.2. The molecule has 1 aromatic carbocycles. The van der Waals surface area contributed by atoms with Crippen LogP contribution in [-0.2, 0) is 4.74 Å². The topological polar surface area (TPSA) is 50.3 Å². The maximum Gasteiger partial charge on any atom is 0.148 e. The van der Waals surface area contributed by atoms with E-state index in [1.165, 1.54) is 21.8 Å². The van der Waals surface area contributed by atoms with Crippen molar-refractivity contribution in [2.24, 2.45) is 0 Å². The van der Waals surface area contributed by atoms with Gasteiger partial charge in [-0.2, -0.15) is 0 Å². The van der Waals surface area contributed by atoms with Crippen LogP contribution in [0.25, 0.3) is 26.0 Å². The number of nitrogens with zero attached hydrogens (tertiary/aromatic N) is 3. The fourth-order valence-electron chi connectivity index (χ4n) is 4.82. The van der Waals surface area contributed by atoms with E-state index in [0.29, 0.717) is 5.69 Å². The van der Waals surface area contributed by atoms with Crippen LogP contribution in [0.4, 0.5) is 15.8 Å². The van der Waals surface area contributed by atoms with Crippen LogP contribution >= 0.6 is 22.7 Å². The Kier molecular flexibility index (Phi) is 4.57. The van der Waals surface area contributed by atoms with Crippen molar-refractivity contribution in [2.75, 3.05) is 31.6 Å². The van der Waals surface area contributed by atoms with Crippen molar-refractivity contribution in [1.82, 2.24) is 14.9 Å². The van der Waals surface area contributed by atoms with Crippen LogP contribution in [0.2, 0.25) is 0 Å². The second kappa shape index (κ2) is 7.34. The third kappa shape index (κ3) is 3.01. The molecule has 8 heteroatoms. The van der Waals surface area contributed by atoms with Gasteiger partial charge in [0.05, 0.1) is 39.2 Å². The zero-order valence-corrected chi connectivity index (χ0v) is 18.7. The van der Waals surface area contributed by atoms with Crippen LogP contribution in [0.15, 0.2) is 42.0 Å². The summed E-state index contributed by atoms with van der Waals surface area (Å²) in [6.45, 7) is 5.68. The van der Waals surface area contributed by atoms with E-state index < -0.39 is 0 Å². The summed E-state index contributed by atoms with van der Waals surface area (Å²) >= 11 is 3.13. The minimum atomic E-state index is -0.281. The number of likely N-dealkylation sites (N-methyl/N-ethyl adjacent to an activating group) is 1. The first-order valence-electron chi connectivity index (χ1n) is 10.4. The number of thiophene rings is 1. The number of rotatable bonds is 4. The highest BCUT2D eigenvalue weighted by Gasteiger charge is 2.46. The minimum absolute atomic E-state index is 0.0367. The standard InChI is InChI=1S/C23H21FN4OS2/c1-2-28-7-4-15(23(28)5-8-29-12-23)20-9-14-17(3-6-25-22(14)31-20)27-18-11-19-21(10-16(18)24)30-13-26-19/h3-4,6,9-11,13H,2,5,7-8,12H2,1H3,(H,25,27). The number of pyridine rings is 1. The molecule has 0 bridgehead atoms. The number of hydrogen-bond donors (Lipinski definition) is 1. The molecule has 0 radical (unpaired) electrons. The first kappa shape index (κ1) is 19.3. The highest BCUT2D eigenvalue weighted by molar-refractivity contribution is 7.19. The maximum absolute atomic E-state index is 14.7. The van der Waals surface area contributed by atoms with Crippen LogP contribution in [0.5, 0.6) is 0 Å². The van der Waals surface area contributed by atoms with E-state index in [4.69, 9.17) is 4.74 Å². The summed E-state index contributed by atoms with van der Waals surface area (Å²) in [5, 5.41) is 4.29. The summed E-state index contributed by atoms with van der Waals surface area (Å²) in [7, 11) is 0. The van der Waals surface area contributed by atoms with E-state index >= 15 is 0 Å². The normalized spacial score (nSPS) is 21.5. The number of ether oxygens (including phenoxy) is 1. The molecule has 5 nitrogen and oxygen atoms in total. The molecule has 1 N–H and O–H groups in total. The van der Waals surface area contributed by atoms with Gasteiger partial charge in [-0.1, -0.05) is 13.0 Å². The molecule has 1 unspecified atom stereocenters. The lowest BCUT2D eigenvalue weighted by Crippen LogP contribution is -2.46. The summed E-state index contributed by atoms with van der Waals surface area (Å²) in [5.41, 5.74) is 5.12. The molecule has 0 amide bonds. The smallest absolute Gasteiger partial charge is 0.148 e. The van der Waals surface area contributed by atoms with Gasteiger partial charge in [-0.25, -0.2) is 14.4 Å². The monoisotopic (exact) mass is 452 g/mol.